The maximum Gasteiger partial charge on any atom is 0.153 e. The Kier molecular flexibility index (Phi) is 12.6. The Morgan fingerprint density at radius 1 is 1.00 bits per heavy atom. The first kappa shape index (κ1) is 28.4. The van der Waals surface area contributed by atoms with Gasteiger partial charge in [-0.3, -0.25) is 5.10 Å². The molecule has 0 saturated heterocycles. The molecule has 0 radical (unpaired) electrons. The molecule has 5 heteroatoms. The number of aromatic nitrogens is 2. The molecule has 3 rings (SSSR count). The van der Waals surface area contributed by atoms with Crippen LogP contribution < -0.4 is 10.6 Å². The van der Waals surface area contributed by atoms with Crippen LogP contribution in [0.5, 0.6) is 0 Å². The van der Waals surface area contributed by atoms with Crippen molar-refractivity contribution in [2.24, 2.45) is 4.99 Å². The molecular weight excluding hydrogens is 442 g/mol. The van der Waals surface area contributed by atoms with Gasteiger partial charge in [-0.1, -0.05) is 81.0 Å². The lowest BCUT2D eigenvalue weighted by molar-refractivity contribution is 0.788. The molecule has 0 amide bonds. The maximum atomic E-state index is 4.97. The summed E-state index contributed by atoms with van der Waals surface area (Å²) < 4.78 is 0. The van der Waals surface area contributed by atoms with Crippen LogP contribution in [0.1, 0.15) is 61.1 Å². The van der Waals surface area contributed by atoms with Gasteiger partial charge in [-0.05, 0) is 49.5 Å². The Morgan fingerprint density at radius 3 is 2.33 bits per heavy atom. The monoisotopic (exact) mass is 483 g/mol. The number of nitrogens with zero attached hydrogens (tertiary/aromatic N) is 2. The molecule has 0 aliphatic rings. The van der Waals surface area contributed by atoms with Gasteiger partial charge in [0.15, 0.2) is 5.82 Å². The van der Waals surface area contributed by atoms with Crippen molar-refractivity contribution in [3.63, 3.8) is 0 Å². The third kappa shape index (κ3) is 9.41. The van der Waals surface area contributed by atoms with Crippen molar-refractivity contribution >= 4 is 11.7 Å². The van der Waals surface area contributed by atoms with E-state index in [2.05, 4.69) is 104 Å². The van der Waals surface area contributed by atoms with Crippen LogP contribution in [0.15, 0.2) is 96.8 Å². The summed E-state index contributed by atoms with van der Waals surface area (Å²) in [6, 6.07) is 18.6. The minimum Gasteiger partial charge on any atom is -0.366 e. The van der Waals surface area contributed by atoms with Gasteiger partial charge in [0, 0.05) is 30.3 Å². The summed E-state index contributed by atoms with van der Waals surface area (Å²) in [5, 5.41) is 14.3. The van der Waals surface area contributed by atoms with Gasteiger partial charge < -0.3 is 10.6 Å². The lowest BCUT2D eigenvalue weighted by Crippen LogP contribution is -2.19. The topological polar surface area (TPSA) is 65.1 Å². The predicted octanol–water partition coefficient (Wildman–Crippen LogP) is 7.63. The molecule has 0 spiro atoms. The second kappa shape index (κ2) is 15.9. The fourth-order valence-electron chi connectivity index (χ4n) is 3.47. The Morgan fingerprint density at radius 2 is 1.72 bits per heavy atom. The van der Waals surface area contributed by atoms with Crippen molar-refractivity contribution in [3.8, 4) is 0 Å². The number of rotatable bonds is 11. The van der Waals surface area contributed by atoms with E-state index >= 15 is 0 Å². The summed E-state index contributed by atoms with van der Waals surface area (Å²) in [6.07, 6.45) is 9.89. The summed E-state index contributed by atoms with van der Waals surface area (Å²) in [5.74, 6) is 2.32. The molecule has 190 valence electrons. The fraction of sp³-hybridized carbons (Fsp3) is 0.290. The first-order valence-electron chi connectivity index (χ1n) is 12.7. The molecule has 5 nitrogen and oxygen atoms in total. The van der Waals surface area contributed by atoms with Gasteiger partial charge in [0.05, 0.1) is 0 Å². The van der Waals surface area contributed by atoms with Crippen molar-refractivity contribution in [2.75, 3.05) is 5.32 Å². The van der Waals surface area contributed by atoms with Crippen LogP contribution in [0, 0.1) is 13.8 Å². The van der Waals surface area contributed by atoms with E-state index in [0.717, 1.165) is 60.1 Å². The first-order valence-corrected chi connectivity index (χ1v) is 12.7. The molecule has 1 heterocycles. The van der Waals surface area contributed by atoms with Gasteiger partial charge in [0.25, 0.3) is 0 Å². The fourth-order valence-corrected chi connectivity index (χ4v) is 3.47. The standard InChI is InChI=1S/C26H31N5.C5H10/c1-5-11-22-17-25(31-30-22)29-26(23-16-10-8-14-20(23)4)28-24(12-6-2)27-18-21-15-9-7-13-19(21)3;1-3-5-4-2/h5,7-10,12-17,27H,1,6,11,18H2,2-4H3,(H2,28,29,30,31);3H,1,4-5H2,2H3/b24-12+;. The number of aryl methyl sites for hydroxylation is 2. The average molecular weight is 484 g/mol. The van der Waals surface area contributed by atoms with Gasteiger partial charge in [0.2, 0.25) is 0 Å². The zero-order valence-electron chi connectivity index (χ0n) is 22.3. The van der Waals surface area contributed by atoms with E-state index in [4.69, 9.17) is 4.99 Å². The second-order valence-electron chi connectivity index (χ2n) is 8.53. The normalized spacial score (nSPS) is 11.3. The summed E-state index contributed by atoms with van der Waals surface area (Å²) in [7, 11) is 0. The zero-order valence-corrected chi connectivity index (χ0v) is 22.3. The Balaban J connectivity index is 0.000000830. The van der Waals surface area contributed by atoms with Crippen LogP contribution in [-0.4, -0.2) is 16.0 Å². The molecule has 0 atom stereocenters. The highest BCUT2D eigenvalue weighted by molar-refractivity contribution is 6.09. The molecular formula is C31H41N5. The van der Waals surface area contributed by atoms with Crippen LogP contribution in [0.25, 0.3) is 0 Å². The SMILES string of the molecule is C=CCCC.C=CCc1cc(N/C(=N/C(=C/CC)NCc2ccccc2C)c2ccccc2C)n[nH]1. The lowest BCUT2D eigenvalue weighted by atomic mass is 10.1. The van der Waals surface area contributed by atoms with E-state index < -0.39 is 0 Å². The van der Waals surface area contributed by atoms with Crippen molar-refractivity contribution in [1.82, 2.24) is 15.5 Å². The first-order chi connectivity index (χ1) is 17.5. The van der Waals surface area contributed by atoms with E-state index in [0.29, 0.717) is 0 Å². The number of benzene rings is 2. The van der Waals surface area contributed by atoms with Crippen LogP contribution in [0.3, 0.4) is 0 Å². The molecule has 0 unspecified atom stereocenters. The number of hydrogen-bond acceptors (Lipinski definition) is 3. The second-order valence-corrected chi connectivity index (χ2v) is 8.53. The average Bonchev–Trinajstić information content (AvgIpc) is 3.31. The Hall–Kier alpha value is -3.86. The molecule has 36 heavy (non-hydrogen) atoms. The smallest absolute Gasteiger partial charge is 0.153 e. The van der Waals surface area contributed by atoms with Crippen molar-refractivity contribution in [2.45, 2.75) is 59.9 Å². The quantitative estimate of drug-likeness (QED) is 0.149. The van der Waals surface area contributed by atoms with E-state index in [1.807, 2.05) is 30.4 Å². The number of hydrogen-bond donors (Lipinski definition) is 3. The third-order valence-corrected chi connectivity index (χ3v) is 5.49. The largest absolute Gasteiger partial charge is 0.366 e. The van der Waals surface area contributed by atoms with Crippen LogP contribution >= 0.6 is 0 Å². The molecule has 3 aromatic rings. The van der Waals surface area contributed by atoms with Gasteiger partial charge in [-0.2, -0.15) is 5.10 Å². The highest BCUT2D eigenvalue weighted by Gasteiger charge is 2.11. The predicted molar refractivity (Wildman–Crippen MR) is 155 cm³/mol. The van der Waals surface area contributed by atoms with Crippen LogP contribution in [-0.2, 0) is 13.0 Å². The van der Waals surface area contributed by atoms with E-state index in [1.165, 1.54) is 17.5 Å². The molecule has 0 bridgehead atoms. The highest BCUT2D eigenvalue weighted by Crippen LogP contribution is 2.15. The molecule has 0 aliphatic heterocycles. The molecule has 0 aliphatic carbocycles. The van der Waals surface area contributed by atoms with Gasteiger partial charge in [-0.15, -0.1) is 13.2 Å². The molecule has 2 aromatic carbocycles. The molecule has 0 saturated carbocycles. The molecule has 1 aromatic heterocycles. The van der Waals surface area contributed by atoms with E-state index in [1.54, 1.807) is 0 Å². The van der Waals surface area contributed by atoms with E-state index in [9.17, 15) is 0 Å². The summed E-state index contributed by atoms with van der Waals surface area (Å²) in [6.45, 7) is 16.5. The minimum absolute atomic E-state index is 0.717. The number of nitrogens with one attached hydrogen (secondary N) is 3. The number of amidine groups is 1. The minimum atomic E-state index is 0.717. The van der Waals surface area contributed by atoms with Crippen molar-refractivity contribution in [3.05, 3.63) is 120 Å². The highest BCUT2D eigenvalue weighted by atomic mass is 15.2. The van der Waals surface area contributed by atoms with E-state index in [-0.39, 0.29) is 0 Å². The van der Waals surface area contributed by atoms with Crippen LogP contribution in [0.2, 0.25) is 0 Å². The number of H-pyrrole nitrogens is 1. The number of anilines is 1. The molecule has 0 fully saturated rings. The van der Waals surface area contributed by atoms with Gasteiger partial charge >= 0.3 is 0 Å². The maximum absolute atomic E-state index is 4.97. The lowest BCUT2D eigenvalue weighted by Gasteiger charge is -2.14. The number of aliphatic imine (C=N–C) groups is 1. The molecule has 3 N–H and O–H groups in total. The van der Waals surface area contributed by atoms with Crippen molar-refractivity contribution in [1.29, 1.82) is 0 Å². The summed E-state index contributed by atoms with van der Waals surface area (Å²) >= 11 is 0. The summed E-state index contributed by atoms with van der Waals surface area (Å²) in [5.41, 5.74) is 5.70. The Labute approximate surface area is 217 Å². The number of aromatic amines is 1. The van der Waals surface area contributed by atoms with Gasteiger partial charge in [-0.25, -0.2) is 4.99 Å². The van der Waals surface area contributed by atoms with Crippen molar-refractivity contribution < 1.29 is 0 Å². The number of allylic oxidation sites excluding steroid dienone is 3. The third-order valence-electron chi connectivity index (χ3n) is 5.49. The summed E-state index contributed by atoms with van der Waals surface area (Å²) in [4.78, 5) is 4.97. The number of unbranched alkanes of at least 4 members (excludes halogenated alkanes) is 1. The zero-order chi connectivity index (χ0) is 26.2. The van der Waals surface area contributed by atoms with Crippen LogP contribution in [0.4, 0.5) is 5.82 Å². The Bertz CT molecular complexity index is 1150. The van der Waals surface area contributed by atoms with Gasteiger partial charge in [0.1, 0.15) is 11.7 Å².